The summed E-state index contributed by atoms with van der Waals surface area (Å²) in [5.41, 5.74) is 2.49. The van der Waals surface area contributed by atoms with Crippen LogP contribution < -0.4 is 5.32 Å². The highest BCUT2D eigenvalue weighted by Gasteiger charge is 2.28. The zero-order valence-corrected chi connectivity index (χ0v) is 16.8. The summed E-state index contributed by atoms with van der Waals surface area (Å²) in [6.45, 7) is 1.14. The van der Waals surface area contributed by atoms with Crippen molar-refractivity contribution in [3.05, 3.63) is 65.9 Å². The highest BCUT2D eigenvalue weighted by atomic mass is 32.1. The van der Waals surface area contributed by atoms with Crippen LogP contribution in [0.25, 0.3) is 10.6 Å². The Labute approximate surface area is 173 Å². The molecular formula is C22H22N4O2S. The zero-order chi connectivity index (χ0) is 20.1. The number of nitrogens with zero attached hydrogens (tertiary/aromatic N) is 3. The van der Waals surface area contributed by atoms with Gasteiger partial charge in [0.1, 0.15) is 5.01 Å². The molecule has 148 valence electrons. The van der Waals surface area contributed by atoms with Gasteiger partial charge in [0.05, 0.1) is 18.0 Å². The summed E-state index contributed by atoms with van der Waals surface area (Å²) in [7, 11) is 0. The molecule has 2 amide bonds. The Hall–Kier alpha value is -3.06. The van der Waals surface area contributed by atoms with E-state index in [2.05, 4.69) is 15.3 Å². The number of aromatic nitrogens is 2. The molecule has 6 nitrogen and oxygen atoms in total. The second-order valence-corrected chi connectivity index (χ2v) is 7.95. The zero-order valence-electron chi connectivity index (χ0n) is 16.0. The molecule has 0 aliphatic carbocycles. The predicted molar refractivity (Wildman–Crippen MR) is 113 cm³/mol. The van der Waals surface area contributed by atoms with E-state index >= 15 is 0 Å². The van der Waals surface area contributed by atoms with E-state index in [0.717, 1.165) is 34.8 Å². The minimum absolute atomic E-state index is 0.0187. The number of hydrogen-bond acceptors (Lipinski definition) is 5. The third kappa shape index (κ3) is 4.86. The first-order valence-corrected chi connectivity index (χ1v) is 10.6. The molecule has 1 atom stereocenters. The van der Waals surface area contributed by atoms with Crippen molar-refractivity contribution in [3.8, 4) is 10.6 Å². The van der Waals surface area contributed by atoms with Gasteiger partial charge in [0, 0.05) is 42.1 Å². The third-order valence-electron chi connectivity index (χ3n) is 4.98. The van der Waals surface area contributed by atoms with Crippen molar-refractivity contribution in [2.24, 2.45) is 5.92 Å². The van der Waals surface area contributed by atoms with Crippen molar-refractivity contribution in [3.63, 3.8) is 0 Å². The van der Waals surface area contributed by atoms with Crippen molar-refractivity contribution in [2.75, 3.05) is 18.4 Å². The van der Waals surface area contributed by atoms with Gasteiger partial charge in [-0.25, -0.2) is 4.98 Å². The van der Waals surface area contributed by atoms with Gasteiger partial charge in [0.15, 0.2) is 0 Å². The van der Waals surface area contributed by atoms with E-state index < -0.39 is 0 Å². The number of hydrogen-bond donors (Lipinski definition) is 1. The molecule has 1 saturated heterocycles. The molecule has 0 bridgehead atoms. The van der Waals surface area contributed by atoms with Gasteiger partial charge >= 0.3 is 0 Å². The summed E-state index contributed by atoms with van der Waals surface area (Å²) in [6.07, 6.45) is 5.37. The van der Waals surface area contributed by atoms with E-state index in [4.69, 9.17) is 0 Å². The maximum atomic E-state index is 12.8. The Bertz CT molecular complexity index is 975. The van der Waals surface area contributed by atoms with E-state index in [1.165, 1.54) is 11.3 Å². The number of pyridine rings is 1. The fourth-order valence-corrected chi connectivity index (χ4v) is 4.27. The standard InChI is InChI=1S/C22H22N4O2S/c27-20(12-19-15-29-22(25-19)16-6-4-10-23-13-16)26-11-5-7-17(14-26)21(28)24-18-8-2-1-3-9-18/h1-4,6,8-10,13,15,17H,5,7,11-12,14H2,(H,24,28). The van der Waals surface area contributed by atoms with Crippen LogP contribution in [-0.2, 0) is 16.0 Å². The van der Waals surface area contributed by atoms with E-state index in [1.807, 2.05) is 47.8 Å². The van der Waals surface area contributed by atoms with E-state index in [-0.39, 0.29) is 24.2 Å². The average molecular weight is 407 g/mol. The number of likely N-dealkylation sites (tertiary alicyclic amines) is 1. The van der Waals surface area contributed by atoms with Crippen LogP contribution in [-0.4, -0.2) is 39.8 Å². The van der Waals surface area contributed by atoms with Crippen LogP contribution in [0.2, 0.25) is 0 Å². The van der Waals surface area contributed by atoms with E-state index in [1.54, 1.807) is 17.3 Å². The Balaban J connectivity index is 1.35. The van der Waals surface area contributed by atoms with Gasteiger partial charge in [-0.3, -0.25) is 14.6 Å². The molecule has 1 unspecified atom stereocenters. The fraction of sp³-hybridized carbons (Fsp3) is 0.273. The Morgan fingerprint density at radius 3 is 2.83 bits per heavy atom. The number of piperidine rings is 1. The lowest BCUT2D eigenvalue weighted by Crippen LogP contribution is -2.44. The average Bonchev–Trinajstić information content (AvgIpc) is 3.23. The summed E-state index contributed by atoms with van der Waals surface area (Å²) in [5.74, 6) is -0.194. The second kappa shape index (κ2) is 8.96. The maximum Gasteiger partial charge on any atom is 0.229 e. The fourth-order valence-electron chi connectivity index (χ4n) is 3.46. The smallest absolute Gasteiger partial charge is 0.229 e. The number of anilines is 1. The van der Waals surface area contributed by atoms with Gasteiger partial charge in [-0.05, 0) is 37.1 Å². The van der Waals surface area contributed by atoms with Crippen LogP contribution in [0.15, 0.2) is 60.2 Å². The molecule has 1 aliphatic heterocycles. The monoisotopic (exact) mass is 406 g/mol. The molecule has 1 N–H and O–H groups in total. The van der Waals surface area contributed by atoms with Gasteiger partial charge in [0.2, 0.25) is 11.8 Å². The molecule has 0 saturated carbocycles. The summed E-state index contributed by atoms with van der Waals surface area (Å²) in [5, 5.41) is 5.73. The number of thiazole rings is 1. The summed E-state index contributed by atoms with van der Waals surface area (Å²) in [4.78, 5) is 35.9. The van der Waals surface area contributed by atoms with Gasteiger partial charge in [0.25, 0.3) is 0 Å². The largest absolute Gasteiger partial charge is 0.342 e. The number of carbonyl (C=O) groups excluding carboxylic acids is 2. The lowest BCUT2D eigenvalue weighted by atomic mass is 9.96. The number of amides is 2. The Morgan fingerprint density at radius 1 is 1.17 bits per heavy atom. The van der Waals surface area contributed by atoms with E-state index in [0.29, 0.717) is 13.1 Å². The molecule has 3 aromatic rings. The molecule has 0 radical (unpaired) electrons. The number of nitrogens with one attached hydrogen (secondary N) is 1. The van der Waals surface area contributed by atoms with Crippen LogP contribution >= 0.6 is 11.3 Å². The van der Waals surface area contributed by atoms with Crippen LogP contribution in [0.4, 0.5) is 5.69 Å². The van der Waals surface area contributed by atoms with Crippen LogP contribution in [0.1, 0.15) is 18.5 Å². The Kier molecular flexibility index (Phi) is 5.95. The lowest BCUT2D eigenvalue weighted by Gasteiger charge is -2.32. The Morgan fingerprint density at radius 2 is 2.03 bits per heavy atom. The van der Waals surface area contributed by atoms with Crippen molar-refractivity contribution in [1.29, 1.82) is 0 Å². The first-order valence-electron chi connectivity index (χ1n) is 9.67. The van der Waals surface area contributed by atoms with E-state index in [9.17, 15) is 9.59 Å². The van der Waals surface area contributed by atoms with Crippen molar-refractivity contribution < 1.29 is 9.59 Å². The topological polar surface area (TPSA) is 75.2 Å². The SMILES string of the molecule is O=C(Nc1ccccc1)C1CCCN(C(=O)Cc2csc(-c3cccnc3)n2)C1. The van der Waals surface area contributed by atoms with Gasteiger partial charge < -0.3 is 10.2 Å². The van der Waals surface area contributed by atoms with Crippen LogP contribution in [0.3, 0.4) is 0 Å². The molecule has 1 aliphatic rings. The molecule has 7 heteroatoms. The number of rotatable bonds is 5. The molecule has 1 aromatic carbocycles. The molecule has 2 aromatic heterocycles. The highest BCUT2D eigenvalue weighted by Crippen LogP contribution is 2.24. The van der Waals surface area contributed by atoms with Gasteiger partial charge in [-0.1, -0.05) is 18.2 Å². The third-order valence-corrected chi connectivity index (χ3v) is 5.92. The maximum absolute atomic E-state index is 12.8. The minimum atomic E-state index is -0.186. The molecule has 4 rings (SSSR count). The number of carbonyl (C=O) groups is 2. The molecule has 0 spiro atoms. The second-order valence-electron chi connectivity index (χ2n) is 7.10. The summed E-state index contributed by atoms with van der Waals surface area (Å²) in [6, 6.07) is 13.3. The predicted octanol–water partition coefficient (Wildman–Crippen LogP) is 3.62. The quantitative estimate of drug-likeness (QED) is 0.702. The number of para-hydroxylation sites is 1. The lowest BCUT2D eigenvalue weighted by molar-refractivity contribution is -0.134. The first kappa shape index (κ1) is 19.3. The van der Waals surface area contributed by atoms with Crippen molar-refractivity contribution in [2.45, 2.75) is 19.3 Å². The normalized spacial score (nSPS) is 16.4. The van der Waals surface area contributed by atoms with Crippen molar-refractivity contribution in [1.82, 2.24) is 14.9 Å². The summed E-state index contributed by atoms with van der Waals surface area (Å²) < 4.78 is 0. The molecule has 3 heterocycles. The summed E-state index contributed by atoms with van der Waals surface area (Å²) >= 11 is 1.51. The van der Waals surface area contributed by atoms with Gasteiger partial charge in [-0.15, -0.1) is 11.3 Å². The minimum Gasteiger partial charge on any atom is -0.342 e. The van der Waals surface area contributed by atoms with Crippen molar-refractivity contribution >= 4 is 28.8 Å². The first-order chi connectivity index (χ1) is 14.2. The number of benzene rings is 1. The van der Waals surface area contributed by atoms with Crippen LogP contribution in [0, 0.1) is 5.92 Å². The highest BCUT2D eigenvalue weighted by molar-refractivity contribution is 7.13. The van der Waals surface area contributed by atoms with Crippen LogP contribution in [0.5, 0.6) is 0 Å². The molecule has 29 heavy (non-hydrogen) atoms. The van der Waals surface area contributed by atoms with Gasteiger partial charge in [-0.2, -0.15) is 0 Å². The molecule has 1 fully saturated rings. The molecular weight excluding hydrogens is 384 g/mol.